The summed E-state index contributed by atoms with van der Waals surface area (Å²) in [6.45, 7) is 2.03. The number of aliphatic hydroxyl groups is 1. The van der Waals surface area contributed by atoms with Crippen molar-refractivity contribution in [1.29, 1.82) is 0 Å². The molecular formula is C18H16N2O7. The minimum Gasteiger partial charge on any atom is -0.503 e. The van der Waals surface area contributed by atoms with Crippen molar-refractivity contribution in [2.24, 2.45) is 0 Å². The molecule has 0 radical (unpaired) electrons. The lowest BCUT2D eigenvalue weighted by atomic mass is 9.94. The quantitative estimate of drug-likeness (QED) is 0.452. The summed E-state index contributed by atoms with van der Waals surface area (Å²) < 4.78 is 5.08. The molecule has 9 heteroatoms. The molecule has 9 nitrogen and oxygen atoms in total. The van der Waals surface area contributed by atoms with Gasteiger partial charge in [-0.3, -0.25) is 19.7 Å². The van der Waals surface area contributed by atoms with E-state index >= 15 is 0 Å². The lowest BCUT2D eigenvalue weighted by Crippen LogP contribution is -2.31. The van der Waals surface area contributed by atoms with E-state index in [4.69, 9.17) is 4.42 Å². The number of aromatic hydroxyl groups is 1. The first-order valence-electron chi connectivity index (χ1n) is 8.16. The van der Waals surface area contributed by atoms with Gasteiger partial charge in [0.1, 0.15) is 0 Å². The molecule has 0 saturated carbocycles. The van der Waals surface area contributed by atoms with E-state index in [2.05, 4.69) is 0 Å². The van der Waals surface area contributed by atoms with E-state index in [1.54, 1.807) is 0 Å². The van der Waals surface area contributed by atoms with Crippen molar-refractivity contribution in [1.82, 2.24) is 4.90 Å². The minimum absolute atomic E-state index is 0.0685. The van der Waals surface area contributed by atoms with Crippen molar-refractivity contribution in [2.45, 2.75) is 19.4 Å². The normalized spacial score (nSPS) is 16.9. The Bertz CT molecular complexity index is 947. The Morgan fingerprint density at radius 1 is 1.33 bits per heavy atom. The summed E-state index contributed by atoms with van der Waals surface area (Å²) in [6.07, 6.45) is 1.82. The highest BCUT2D eigenvalue weighted by atomic mass is 16.6. The molecule has 1 aromatic carbocycles. The molecule has 3 rings (SSSR count). The Labute approximate surface area is 153 Å². The SMILES string of the molecule is CCCN1C(=O)C(O)=C(C(=O)c2ccco2)C1c1ccc(O)c([N+](=O)[O-])c1. The molecule has 2 N–H and O–H groups in total. The molecule has 27 heavy (non-hydrogen) atoms. The number of phenols is 1. The standard InChI is InChI=1S/C18H16N2O7/c1-2-7-19-15(10-5-6-12(21)11(9-10)20(25)26)14(17(23)18(19)24)16(22)13-4-3-8-27-13/h3-6,8-9,15,21,23H,2,7H2,1H3. The second kappa shape index (κ2) is 6.94. The number of carbonyl (C=O) groups is 2. The van der Waals surface area contributed by atoms with Crippen LogP contribution in [0.2, 0.25) is 0 Å². The first kappa shape index (κ1) is 18.2. The summed E-state index contributed by atoms with van der Waals surface area (Å²) in [6, 6.07) is 5.43. The molecule has 1 aromatic heterocycles. The van der Waals surface area contributed by atoms with Crippen molar-refractivity contribution >= 4 is 17.4 Å². The fourth-order valence-corrected chi connectivity index (χ4v) is 3.10. The number of phenolic OH excluding ortho intramolecular Hbond substituents is 1. The first-order chi connectivity index (χ1) is 12.9. The zero-order chi connectivity index (χ0) is 19.7. The smallest absolute Gasteiger partial charge is 0.311 e. The molecule has 0 bridgehead atoms. The van der Waals surface area contributed by atoms with Gasteiger partial charge in [0.15, 0.2) is 17.3 Å². The lowest BCUT2D eigenvalue weighted by Gasteiger charge is -2.26. The Hall–Kier alpha value is -3.62. The molecule has 1 atom stereocenters. The van der Waals surface area contributed by atoms with E-state index in [0.717, 1.165) is 12.1 Å². The number of benzene rings is 1. The number of carbonyl (C=O) groups excluding carboxylic acids is 2. The number of Topliss-reactive ketones (excluding diaryl/α,β-unsaturated/α-hetero) is 1. The average Bonchev–Trinajstić information content (AvgIpc) is 3.25. The van der Waals surface area contributed by atoms with Crippen molar-refractivity contribution in [3.63, 3.8) is 0 Å². The number of aliphatic hydroxyl groups excluding tert-OH is 1. The average molecular weight is 372 g/mol. The topological polar surface area (TPSA) is 134 Å². The highest BCUT2D eigenvalue weighted by molar-refractivity contribution is 6.15. The van der Waals surface area contributed by atoms with Gasteiger partial charge in [0.25, 0.3) is 5.91 Å². The van der Waals surface area contributed by atoms with Crippen molar-refractivity contribution < 1.29 is 29.1 Å². The van der Waals surface area contributed by atoms with Crippen LogP contribution in [0.5, 0.6) is 5.75 Å². The van der Waals surface area contributed by atoms with Gasteiger partial charge in [-0.25, -0.2) is 0 Å². The third-order valence-corrected chi connectivity index (χ3v) is 4.27. The maximum absolute atomic E-state index is 12.8. The summed E-state index contributed by atoms with van der Waals surface area (Å²) in [4.78, 5) is 37.0. The van der Waals surface area contributed by atoms with E-state index in [-0.39, 0.29) is 23.4 Å². The summed E-state index contributed by atoms with van der Waals surface area (Å²) in [5.41, 5.74) is -0.559. The zero-order valence-corrected chi connectivity index (χ0v) is 14.3. The van der Waals surface area contributed by atoms with Crippen LogP contribution in [0.1, 0.15) is 35.5 Å². The number of nitrogens with zero attached hydrogens (tertiary/aromatic N) is 2. The Kier molecular flexibility index (Phi) is 4.68. The molecule has 1 unspecified atom stereocenters. The van der Waals surface area contributed by atoms with Crippen molar-refractivity contribution in [3.05, 3.63) is 69.4 Å². The third kappa shape index (κ3) is 3.03. The molecule has 1 aliphatic rings. The van der Waals surface area contributed by atoms with Crippen LogP contribution < -0.4 is 0 Å². The fraction of sp³-hybridized carbons (Fsp3) is 0.222. The van der Waals surface area contributed by atoms with E-state index in [0.29, 0.717) is 6.42 Å². The van der Waals surface area contributed by atoms with Crippen LogP contribution in [0.4, 0.5) is 5.69 Å². The zero-order valence-electron chi connectivity index (χ0n) is 14.3. The molecular weight excluding hydrogens is 356 g/mol. The fourth-order valence-electron chi connectivity index (χ4n) is 3.10. The lowest BCUT2D eigenvalue weighted by molar-refractivity contribution is -0.385. The summed E-state index contributed by atoms with van der Waals surface area (Å²) in [5, 5.41) is 31.2. The molecule has 1 amide bonds. The van der Waals surface area contributed by atoms with Crippen LogP contribution in [0.15, 0.2) is 52.3 Å². The van der Waals surface area contributed by atoms with Gasteiger partial charge >= 0.3 is 5.69 Å². The van der Waals surface area contributed by atoms with Gasteiger partial charge in [-0.15, -0.1) is 0 Å². The number of hydrogen-bond donors (Lipinski definition) is 2. The molecule has 0 saturated heterocycles. The van der Waals surface area contributed by atoms with Crippen LogP contribution in [0.25, 0.3) is 0 Å². The highest BCUT2D eigenvalue weighted by Gasteiger charge is 2.44. The second-order valence-corrected chi connectivity index (χ2v) is 5.98. The number of hydrogen-bond acceptors (Lipinski definition) is 7. The van der Waals surface area contributed by atoms with Gasteiger partial charge in [0.2, 0.25) is 5.78 Å². The first-order valence-corrected chi connectivity index (χ1v) is 8.16. The van der Waals surface area contributed by atoms with E-state index in [1.165, 1.54) is 29.4 Å². The summed E-state index contributed by atoms with van der Waals surface area (Å²) in [7, 11) is 0. The second-order valence-electron chi connectivity index (χ2n) is 5.98. The molecule has 0 fully saturated rings. The summed E-state index contributed by atoms with van der Waals surface area (Å²) >= 11 is 0. The summed E-state index contributed by atoms with van der Waals surface area (Å²) in [5.74, 6) is -2.76. The van der Waals surface area contributed by atoms with E-state index in [9.17, 15) is 29.9 Å². The minimum atomic E-state index is -1.03. The van der Waals surface area contributed by atoms with Crippen LogP contribution in [-0.4, -0.2) is 38.3 Å². The van der Waals surface area contributed by atoms with Gasteiger partial charge < -0.3 is 19.5 Å². The molecule has 0 spiro atoms. The third-order valence-electron chi connectivity index (χ3n) is 4.27. The number of nitro benzene ring substituents is 1. The number of rotatable bonds is 6. The Morgan fingerprint density at radius 3 is 2.67 bits per heavy atom. The van der Waals surface area contributed by atoms with E-state index in [1.807, 2.05) is 6.92 Å². The number of nitro groups is 1. The molecule has 0 aliphatic carbocycles. The molecule has 2 aromatic rings. The van der Waals surface area contributed by atoms with Crippen molar-refractivity contribution in [2.75, 3.05) is 6.54 Å². The molecule has 2 heterocycles. The van der Waals surface area contributed by atoms with Gasteiger partial charge in [0.05, 0.1) is 22.8 Å². The predicted molar refractivity (Wildman–Crippen MR) is 92.2 cm³/mol. The van der Waals surface area contributed by atoms with Gasteiger partial charge in [0, 0.05) is 12.6 Å². The predicted octanol–water partition coefficient (Wildman–Crippen LogP) is 2.88. The number of amides is 1. The van der Waals surface area contributed by atoms with Crippen LogP contribution in [0.3, 0.4) is 0 Å². The van der Waals surface area contributed by atoms with E-state index < -0.39 is 39.9 Å². The van der Waals surface area contributed by atoms with Gasteiger partial charge in [-0.1, -0.05) is 13.0 Å². The van der Waals surface area contributed by atoms with Crippen LogP contribution in [-0.2, 0) is 4.79 Å². The number of ketones is 1. The molecule has 1 aliphatic heterocycles. The maximum Gasteiger partial charge on any atom is 0.311 e. The maximum atomic E-state index is 12.8. The highest BCUT2D eigenvalue weighted by Crippen LogP contribution is 2.41. The monoisotopic (exact) mass is 372 g/mol. The Balaban J connectivity index is 2.16. The Morgan fingerprint density at radius 2 is 2.07 bits per heavy atom. The molecule has 140 valence electrons. The van der Waals surface area contributed by atoms with Gasteiger partial charge in [-0.2, -0.15) is 0 Å². The van der Waals surface area contributed by atoms with Gasteiger partial charge in [-0.05, 0) is 30.2 Å². The van der Waals surface area contributed by atoms with Crippen molar-refractivity contribution in [3.8, 4) is 5.75 Å². The van der Waals surface area contributed by atoms with Crippen LogP contribution in [0, 0.1) is 10.1 Å². The number of furan rings is 1. The van der Waals surface area contributed by atoms with Crippen LogP contribution >= 0.6 is 0 Å². The largest absolute Gasteiger partial charge is 0.503 e.